The fourth-order valence-corrected chi connectivity index (χ4v) is 4.83. The van der Waals surface area contributed by atoms with E-state index in [0.717, 1.165) is 10.5 Å². The monoisotopic (exact) mass is 514 g/mol. The van der Waals surface area contributed by atoms with Crippen molar-refractivity contribution in [2.24, 2.45) is 0 Å². The van der Waals surface area contributed by atoms with Gasteiger partial charge in [-0.25, -0.2) is 19.7 Å². The van der Waals surface area contributed by atoms with Gasteiger partial charge in [-0.15, -0.1) is 11.8 Å². The molecule has 13 heteroatoms. The van der Waals surface area contributed by atoms with Crippen molar-refractivity contribution in [1.29, 1.82) is 0 Å². The molecule has 2 fully saturated rings. The molecule has 190 valence electrons. The molecule has 2 saturated heterocycles. The van der Waals surface area contributed by atoms with Crippen molar-refractivity contribution < 1.29 is 28.9 Å². The molecule has 0 bridgehead atoms. The number of fused-ring (bicyclic) bond motifs is 2. The zero-order valence-corrected chi connectivity index (χ0v) is 20.5. The number of hydrogen-bond donors (Lipinski definition) is 3. The lowest BCUT2D eigenvalue weighted by molar-refractivity contribution is -0.151. The number of carboxylic acid groups (broad SMARTS) is 1. The molecule has 2 aliphatic rings. The molecular formula is C23H26N6O6S. The molecule has 0 saturated carbocycles. The molecule has 36 heavy (non-hydrogen) atoms. The van der Waals surface area contributed by atoms with Gasteiger partial charge in [-0.2, -0.15) is 0 Å². The maximum atomic E-state index is 12.0. The van der Waals surface area contributed by atoms with E-state index in [1.807, 2.05) is 37.4 Å². The first kappa shape index (κ1) is 24.4. The van der Waals surface area contributed by atoms with Crippen LogP contribution in [-0.4, -0.2) is 67.7 Å². The number of aliphatic carboxylic acids is 1. The third-order valence-electron chi connectivity index (χ3n) is 6.08. The summed E-state index contributed by atoms with van der Waals surface area (Å²) in [6, 6.07) is 7.51. The number of carboxylic acids is 1. The van der Waals surface area contributed by atoms with Crippen LogP contribution in [0.4, 0.5) is 10.6 Å². The van der Waals surface area contributed by atoms with Gasteiger partial charge in [0.1, 0.15) is 18.5 Å². The molecule has 4 heterocycles. The molecule has 2 aromatic heterocycles. The van der Waals surface area contributed by atoms with Crippen molar-refractivity contribution in [1.82, 2.24) is 24.8 Å². The number of nitrogens with zero attached hydrogens (tertiary/aromatic N) is 4. The molecule has 0 spiro atoms. The molecule has 5 atom stereocenters. The van der Waals surface area contributed by atoms with Crippen LogP contribution in [0.2, 0.25) is 0 Å². The zero-order chi connectivity index (χ0) is 25.2. The van der Waals surface area contributed by atoms with E-state index in [4.69, 9.17) is 14.2 Å². The van der Waals surface area contributed by atoms with Gasteiger partial charge in [0.05, 0.1) is 12.4 Å². The van der Waals surface area contributed by atoms with Crippen molar-refractivity contribution in [2.75, 3.05) is 18.1 Å². The number of imidazole rings is 1. The quantitative estimate of drug-likeness (QED) is 0.383. The van der Waals surface area contributed by atoms with Crippen molar-refractivity contribution in [3.63, 3.8) is 0 Å². The predicted molar refractivity (Wildman–Crippen MR) is 130 cm³/mol. The third-order valence-corrected chi connectivity index (χ3v) is 6.82. The number of benzene rings is 1. The molecular weight excluding hydrogens is 488 g/mol. The number of ether oxygens (including phenoxy) is 3. The Balaban J connectivity index is 1.44. The normalized spacial score (nSPS) is 25.1. The summed E-state index contributed by atoms with van der Waals surface area (Å²) < 4.78 is 20.5. The number of rotatable bonds is 8. The highest BCUT2D eigenvalue weighted by atomic mass is 32.2. The summed E-state index contributed by atoms with van der Waals surface area (Å²) in [6.07, 6.45) is 2.30. The number of nitrogens with one attached hydrogen (secondary N) is 2. The summed E-state index contributed by atoms with van der Waals surface area (Å²) in [5.41, 5.74) is 1.70. The summed E-state index contributed by atoms with van der Waals surface area (Å²) >= 11 is 1.64. The van der Waals surface area contributed by atoms with Gasteiger partial charge in [-0.3, -0.25) is 14.7 Å². The summed E-state index contributed by atoms with van der Waals surface area (Å²) in [7, 11) is 0. The number of anilines is 1. The summed E-state index contributed by atoms with van der Waals surface area (Å²) in [5.74, 6) is -0.652. The lowest BCUT2D eigenvalue weighted by atomic mass is 10.1. The lowest BCUT2D eigenvalue weighted by Crippen LogP contribution is -2.29. The van der Waals surface area contributed by atoms with Crippen LogP contribution in [-0.2, 0) is 19.0 Å². The van der Waals surface area contributed by atoms with Crippen LogP contribution in [0, 0.1) is 0 Å². The van der Waals surface area contributed by atoms with E-state index < -0.39 is 42.8 Å². The second kappa shape index (κ2) is 10.4. The average Bonchev–Trinajstić information content (AvgIpc) is 3.57. The summed E-state index contributed by atoms with van der Waals surface area (Å²) in [4.78, 5) is 37.3. The topological polar surface area (TPSA) is 150 Å². The Hall–Kier alpha value is -3.26. The molecule has 3 N–H and O–H groups in total. The van der Waals surface area contributed by atoms with Crippen molar-refractivity contribution in [3.8, 4) is 0 Å². The largest absolute Gasteiger partial charge is 0.481 e. The zero-order valence-electron chi connectivity index (χ0n) is 19.7. The molecule has 1 aromatic carbocycles. The van der Waals surface area contributed by atoms with Gasteiger partial charge in [0.2, 0.25) is 0 Å². The Kier molecular flexibility index (Phi) is 7.05. The van der Waals surface area contributed by atoms with Crippen LogP contribution >= 0.6 is 11.8 Å². The molecule has 5 rings (SSSR count). The van der Waals surface area contributed by atoms with E-state index in [-0.39, 0.29) is 18.7 Å². The van der Waals surface area contributed by atoms with Gasteiger partial charge in [0, 0.05) is 23.4 Å². The highest BCUT2D eigenvalue weighted by Crippen LogP contribution is 2.46. The van der Waals surface area contributed by atoms with Crippen LogP contribution < -0.4 is 10.6 Å². The Labute approximate surface area is 210 Å². The summed E-state index contributed by atoms with van der Waals surface area (Å²) in [6.45, 7) is 2.27. The smallest absolute Gasteiger partial charge is 0.320 e. The maximum Gasteiger partial charge on any atom is 0.320 e. The van der Waals surface area contributed by atoms with E-state index in [1.54, 1.807) is 22.7 Å². The minimum absolute atomic E-state index is 0.0650. The maximum absolute atomic E-state index is 12.0. The third kappa shape index (κ3) is 4.74. The number of hydrogen-bond acceptors (Lipinski definition) is 9. The minimum atomic E-state index is -0.913. The molecule has 12 nitrogen and oxygen atoms in total. The van der Waals surface area contributed by atoms with Crippen LogP contribution in [0.3, 0.4) is 0 Å². The fraction of sp³-hybridized carbons (Fsp3) is 0.435. The van der Waals surface area contributed by atoms with E-state index >= 15 is 0 Å². The number of aromatic nitrogens is 4. The van der Waals surface area contributed by atoms with Gasteiger partial charge >= 0.3 is 12.0 Å². The first-order valence-electron chi connectivity index (χ1n) is 11.5. The number of urea groups is 1. The second-order valence-electron chi connectivity index (χ2n) is 8.33. The SMILES string of the molecule is CCNC(=O)Nc1ncnc2c1ncn2C1OC(CCC(=O)O)C2OC(c3ccc(SC)cc3)OC21. The lowest BCUT2D eigenvalue weighted by Gasteiger charge is -2.21. The molecule has 0 radical (unpaired) electrons. The van der Waals surface area contributed by atoms with Gasteiger partial charge < -0.3 is 24.6 Å². The highest BCUT2D eigenvalue weighted by Gasteiger charge is 2.53. The predicted octanol–water partition coefficient (Wildman–Crippen LogP) is 2.93. The van der Waals surface area contributed by atoms with Crippen molar-refractivity contribution in [2.45, 2.75) is 55.5 Å². The Bertz CT molecular complexity index is 1250. The van der Waals surface area contributed by atoms with Crippen LogP contribution in [0.15, 0.2) is 41.8 Å². The highest BCUT2D eigenvalue weighted by molar-refractivity contribution is 7.98. The standard InChI is InChI=1S/C23H26N6O6S/c1-3-24-23(32)28-19-16-20(26-10-25-19)29(11-27-16)21-18-17(14(33-21)8-9-15(30)31)34-22(35-18)12-4-6-13(36-2)7-5-12/h4-7,10-11,14,17-18,21-22H,3,8-9H2,1-2H3,(H,30,31)(H2,24,25,26,28,32). The van der Waals surface area contributed by atoms with Crippen LogP contribution in [0.1, 0.15) is 37.8 Å². The van der Waals surface area contributed by atoms with Crippen molar-refractivity contribution >= 4 is 40.7 Å². The number of amides is 2. The number of thioether (sulfide) groups is 1. The van der Waals surface area contributed by atoms with Gasteiger partial charge in [0.25, 0.3) is 0 Å². The fourth-order valence-electron chi connectivity index (χ4n) is 4.42. The van der Waals surface area contributed by atoms with Crippen molar-refractivity contribution in [3.05, 3.63) is 42.5 Å². The van der Waals surface area contributed by atoms with Gasteiger partial charge in [-0.05, 0) is 31.7 Å². The minimum Gasteiger partial charge on any atom is -0.481 e. The van der Waals surface area contributed by atoms with E-state index in [1.165, 1.54) is 6.33 Å². The second-order valence-corrected chi connectivity index (χ2v) is 9.21. The molecule has 0 aliphatic carbocycles. The van der Waals surface area contributed by atoms with Crippen LogP contribution in [0.25, 0.3) is 11.2 Å². The first-order valence-corrected chi connectivity index (χ1v) is 12.8. The van der Waals surface area contributed by atoms with E-state index in [9.17, 15) is 14.7 Å². The van der Waals surface area contributed by atoms with E-state index in [2.05, 4.69) is 25.6 Å². The Morgan fingerprint density at radius 2 is 1.89 bits per heavy atom. The van der Waals surface area contributed by atoms with Gasteiger partial charge in [0.15, 0.2) is 29.5 Å². The Morgan fingerprint density at radius 1 is 1.11 bits per heavy atom. The molecule has 2 aliphatic heterocycles. The molecule has 2 amide bonds. The first-order chi connectivity index (χ1) is 17.5. The Morgan fingerprint density at radius 3 is 2.61 bits per heavy atom. The molecule has 3 aromatic rings. The van der Waals surface area contributed by atoms with Crippen LogP contribution in [0.5, 0.6) is 0 Å². The number of carbonyl (C=O) groups excluding carboxylic acids is 1. The summed E-state index contributed by atoms with van der Waals surface area (Å²) in [5, 5.41) is 14.6. The van der Waals surface area contributed by atoms with Gasteiger partial charge in [-0.1, -0.05) is 12.1 Å². The number of carbonyl (C=O) groups is 2. The molecule has 5 unspecified atom stereocenters. The van der Waals surface area contributed by atoms with E-state index in [0.29, 0.717) is 17.7 Å². The average molecular weight is 515 g/mol.